The molecule has 5 heteroatoms. The van der Waals surface area contributed by atoms with Gasteiger partial charge in [-0.2, -0.15) is 4.98 Å². The number of rotatable bonds is 7. The maximum atomic E-state index is 13.4. The van der Waals surface area contributed by atoms with Gasteiger partial charge in [-0.15, -0.1) is 0 Å². The summed E-state index contributed by atoms with van der Waals surface area (Å²) in [5, 5.41) is 6.08. The Bertz CT molecular complexity index is 366. The van der Waals surface area contributed by atoms with Crippen LogP contribution in [0.2, 0.25) is 0 Å². The average molecular weight is 238 g/mol. The van der Waals surface area contributed by atoms with Crippen molar-refractivity contribution in [3.05, 3.63) is 12.0 Å². The van der Waals surface area contributed by atoms with E-state index in [1.807, 2.05) is 0 Å². The van der Waals surface area contributed by atoms with E-state index in [0.717, 1.165) is 31.8 Å². The number of nitrogens with zero attached hydrogens (tertiary/aromatic N) is 2. The third-order valence-corrected chi connectivity index (χ3v) is 2.82. The van der Waals surface area contributed by atoms with E-state index in [4.69, 9.17) is 0 Å². The lowest BCUT2D eigenvalue weighted by molar-refractivity contribution is 0.615. The van der Waals surface area contributed by atoms with Crippen molar-refractivity contribution in [3.8, 4) is 0 Å². The predicted octanol–water partition coefficient (Wildman–Crippen LogP) is 2.65. The largest absolute Gasteiger partial charge is 0.367 e. The lowest BCUT2D eigenvalue weighted by Crippen LogP contribution is -2.10. The fourth-order valence-corrected chi connectivity index (χ4v) is 1.61. The summed E-state index contributed by atoms with van der Waals surface area (Å²) in [6.45, 7) is 3.64. The molecule has 0 unspecified atom stereocenters. The number of anilines is 2. The molecule has 0 bridgehead atoms. The third-order valence-electron chi connectivity index (χ3n) is 2.82. The van der Waals surface area contributed by atoms with Crippen LogP contribution >= 0.6 is 0 Å². The fraction of sp³-hybridized carbons (Fsp3) is 0.667. The van der Waals surface area contributed by atoms with Crippen molar-refractivity contribution < 1.29 is 4.39 Å². The number of nitrogens with one attached hydrogen (secondary N) is 2. The molecule has 1 aromatic rings. The number of hydrogen-bond donors (Lipinski definition) is 2. The van der Waals surface area contributed by atoms with Gasteiger partial charge in [0.1, 0.15) is 0 Å². The first-order valence-corrected chi connectivity index (χ1v) is 6.30. The molecule has 0 saturated heterocycles. The van der Waals surface area contributed by atoms with E-state index in [2.05, 4.69) is 27.5 Å². The molecule has 0 aliphatic heterocycles. The van der Waals surface area contributed by atoms with E-state index in [0.29, 0.717) is 11.8 Å². The van der Waals surface area contributed by atoms with Crippen LogP contribution in [0.15, 0.2) is 6.20 Å². The highest BCUT2D eigenvalue weighted by molar-refractivity contribution is 5.40. The first-order valence-electron chi connectivity index (χ1n) is 6.30. The summed E-state index contributed by atoms with van der Waals surface area (Å²) < 4.78 is 13.4. The molecule has 0 aromatic carbocycles. The normalized spacial score (nSPS) is 14.7. The number of aromatic nitrogens is 2. The van der Waals surface area contributed by atoms with Crippen molar-refractivity contribution in [3.63, 3.8) is 0 Å². The molecule has 0 atom stereocenters. The summed E-state index contributed by atoms with van der Waals surface area (Å²) in [7, 11) is 0. The quantitative estimate of drug-likeness (QED) is 0.766. The summed E-state index contributed by atoms with van der Waals surface area (Å²) in [5.74, 6) is 1.24. The minimum absolute atomic E-state index is 0.305. The highest BCUT2D eigenvalue weighted by Gasteiger charge is 2.20. The highest BCUT2D eigenvalue weighted by Crippen LogP contribution is 2.32. The topological polar surface area (TPSA) is 49.8 Å². The van der Waals surface area contributed by atoms with Gasteiger partial charge in [0.2, 0.25) is 5.95 Å². The van der Waals surface area contributed by atoms with Crippen molar-refractivity contribution >= 4 is 11.8 Å². The van der Waals surface area contributed by atoms with Crippen LogP contribution in [-0.4, -0.2) is 23.1 Å². The van der Waals surface area contributed by atoms with Crippen LogP contribution in [0.3, 0.4) is 0 Å². The first-order chi connectivity index (χ1) is 8.29. The molecule has 1 saturated carbocycles. The summed E-state index contributed by atoms with van der Waals surface area (Å²) in [5.41, 5.74) is 0. The molecule has 1 aliphatic rings. The van der Waals surface area contributed by atoms with Crippen molar-refractivity contribution in [2.75, 3.05) is 23.7 Å². The molecule has 17 heavy (non-hydrogen) atoms. The van der Waals surface area contributed by atoms with E-state index < -0.39 is 0 Å². The van der Waals surface area contributed by atoms with E-state index >= 15 is 0 Å². The van der Waals surface area contributed by atoms with E-state index in [9.17, 15) is 4.39 Å². The lowest BCUT2D eigenvalue weighted by Gasteiger charge is -2.08. The minimum atomic E-state index is -0.386. The molecule has 2 N–H and O–H groups in total. The molecule has 1 aliphatic carbocycles. The van der Waals surface area contributed by atoms with Gasteiger partial charge in [0, 0.05) is 13.1 Å². The Hall–Kier alpha value is -1.39. The Labute approximate surface area is 101 Å². The van der Waals surface area contributed by atoms with Gasteiger partial charge in [0.25, 0.3) is 0 Å². The summed E-state index contributed by atoms with van der Waals surface area (Å²) in [6, 6.07) is 0. The Morgan fingerprint density at radius 3 is 2.88 bits per heavy atom. The second kappa shape index (κ2) is 5.80. The van der Waals surface area contributed by atoms with Gasteiger partial charge in [0.15, 0.2) is 11.6 Å². The number of hydrogen-bond acceptors (Lipinski definition) is 4. The molecule has 2 rings (SSSR count). The van der Waals surface area contributed by atoms with Gasteiger partial charge in [-0.25, -0.2) is 9.37 Å². The fourth-order valence-electron chi connectivity index (χ4n) is 1.61. The zero-order chi connectivity index (χ0) is 12.1. The van der Waals surface area contributed by atoms with Crippen LogP contribution in [0.4, 0.5) is 16.2 Å². The summed E-state index contributed by atoms with van der Waals surface area (Å²) in [4.78, 5) is 8.01. The SMILES string of the molecule is CCCNc1ncc(F)c(NCCC2CC2)n1. The zero-order valence-corrected chi connectivity index (χ0v) is 10.2. The molecule has 94 valence electrons. The van der Waals surface area contributed by atoms with Crippen molar-refractivity contribution in [2.24, 2.45) is 5.92 Å². The van der Waals surface area contributed by atoms with E-state index in [1.165, 1.54) is 19.0 Å². The minimum Gasteiger partial charge on any atom is -0.367 e. The van der Waals surface area contributed by atoms with Gasteiger partial charge in [-0.3, -0.25) is 0 Å². The molecule has 1 aromatic heterocycles. The smallest absolute Gasteiger partial charge is 0.224 e. The van der Waals surface area contributed by atoms with Crippen molar-refractivity contribution in [2.45, 2.75) is 32.6 Å². The molecular weight excluding hydrogens is 219 g/mol. The van der Waals surface area contributed by atoms with Crippen LogP contribution in [0.5, 0.6) is 0 Å². The molecule has 0 spiro atoms. The Balaban J connectivity index is 1.88. The molecule has 0 amide bonds. The molecular formula is C12H19FN4. The van der Waals surface area contributed by atoms with Crippen LogP contribution in [0.25, 0.3) is 0 Å². The van der Waals surface area contributed by atoms with Gasteiger partial charge >= 0.3 is 0 Å². The first kappa shape index (κ1) is 12.1. The van der Waals surface area contributed by atoms with Gasteiger partial charge in [-0.1, -0.05) is 19.8 Å². The highest BCUT2D eigenvalue weighted by atomic mass is 19.1. The van der Waals surface area contributed by atoms with E-state index in [-0.39, 0.29) is 5.82 Å². The molecule has 1 heterocycles. The second-order valence-electron chi connectivity index (χ2n) is 4.48. The Morgan fingerprint density at radius 2 is 2.18 bits per heavy atom. The maximum Gasteiger partial charge on any atom is 0.224 e. The third kappa shape index (κ3) is 3.84. The van der Waals surface area contributed by atoms with Gasteiger partial charge in [-0.05, 0) is 18.8 Å². The Morgan fingerprint density at radius 1 is 1.35 bits per heavy atom. The average Bonchev–Trinajstić information content (AvgIpc) is 3.14. The summed E-state index contributed by atoms with van der Waals surface area (Å²) >= 11 is 0. The predicted molar refractivity (Wildman–Crippen MR) is 66.6 cm³/mol. The zero-order valence-electron chi connectivity index (χ0n) is 10.2. The maximum absolute atomic E-state index is 13.4. The second-order valence-corrected chi connectivity index (χ2v) is 4.48. The van der Waals surface area contributed by atoms with Crippen molar-refractivity contribution in [1.29, 1.82) is 0 Å². The van der Waals surface area contributed by atoms with Crippen LogP contribution in [0.1, 0.15) is 32.6 Å². The van der Waals surface area contributed by atoms with E-state index in [1.54, 1.807) is 0 Å². The Kier molecular flexibility index (Phi) is 4.12. The lowest BCUT2D eigenvalue weighted by atomic mass is 10.3. The molecule has 1 fully saturated rings. The monoisotopic (exact) mass is 238 g/mol. The summed E-state index contributed by atoms with van der Waals surface area (Å²) in [6.07, 6.45) is 5.94. The van der Waals surface area contributed by atoms with Crippen LogP contribution in [0, 0.1) is 11.7 Å². The van der Waals surface area contributed by atoms with Crippen LogP contribution in [-0.2, 0) is 0 Å². The van der Waals surface area contributed by atoms with Gasteiger partial charge in [0.05, 0.1) is 6.20 Å². The van der Waals surface area contributed by atoms with Gasteiger partial charge < -0.3 is 10.6 Å². The molecule has 4 nitrogen and oxygen atoms in total. The standard InChI is InChI=1S/C12H19FN4/c1-2-6-15-12-16-8-10(13)11(17-12)14-7-5-9-3-4-9/h8-9H,2-7H2,1H3,(H2,14,15,16,17). The molecule has 0 radical (unpaired) electrons. The van der Waals surface area contributed by atoms with Crippen LogP contribution < -0.4 is 10.6 Å². The van der Waals surface area contributed by atoms with Crippen molar-refractivity contribution in [1.82, 2.24) is 9.97 Å². The number of halogens is 1.